The molecule has 18 heavy (non-hydrogen) atoms. The first kappa shape index (κ1) is 13.0. The summed E-state index contributed by atoms with van der Waals surface area (Å²) in [4.78, 5) is 10.3. The molecule has 2 rings (SSSR count). The van der Waals surface area contributed by atoms with Gasteiger partial charge in [0.25, 0.3) is 0 Å². The van der Waals surface area contributed by atoms with E-state index in [1.807, 2.05) is 0 Å². The Balaban J connectivity index is 1.94. The highest BCUT2D eigenvalue weighted by Gasteiger charge is 2.22. The lowest BCUT2D eigenvalue weighted by Crippen LogP contribution is -2.44. The van der Waals surface area contributed by atoms with Gasteiger partial charge in [-0.1, -0.05) is 0 Å². The van der Waals surface area contributed by atoms with E-state index in [-0.39, 0.29) is 6.04 Å². The number of nitrogens with one attached hydrogen (secondary N) is 1. The maximum absolute atomic E-state index is 11.1. The van der Waals surface area contributed by atoms with E-state index in [9.17, 15) is 8.42 Å². The van der Waals surface area contributed by atoms with E-state index >= 15 is 0 Å². The van der Waals surface area contributed by atoms with Gasteiger partial charge >= 0.3 is 0 Å². The highest BCUT2D eigenvalue weighted by atomic mass is 32.2. The van der Waals surface area contributed by atoms with Crippen LogP contribution in [-0.2, 0) is 10.0 Å². The summed E-state index contributed by atoms with van der Waals surface area (Å²) in [6, 6.07) is 0.00488. The zero-order chi connectivity index (χ0) is 13.2. The molecule has 0 radical (unpaired) electrons. The number of aromatic nitrogens is 2. The molecule has 0 aliphatic carbocycles. The summed E-state index contributed by atoms with van der Waals surface area (Å²) in [7, 11) is -3.13. The molecule has 1 aliphatic rings. The minimum absolute atomic E-state index is 0.00488. The number of nitrogen functional groups attached to an aromatic ring is 1. The van der Waals surface area contributed by atoms with Crippen molar-refractivity contribution in [2.75, 3.05) is 30.0 Å². The van der Waals surface area contributed by atoms with Gasteiger partial charge in [-0.15, -0.1) is 0 Å². The van der Waals surface area contributed by atoms with E-state index < -0.39 is 10.0 Å². The van der Waals surface area contributed by atoms with Gasteiger partial charge in [0, 0.05) is 19.1 Å². The summed E-state index contributed by atoms with van der Waals surface area (Å²) >= 11 is 0. The second kappa shape index (κ2) is 5.07. The first-order chi connectivity index (χ1) is 8.44. The largest absolute Gasteiger partial charge is 0.382 e. The van der Waals surface area contributed by atoms with E-state index in [4.69, 9.17) is 5.73 Å². The maximum atomic E-state index is 11.1. The van der Waals surface area contributed by atoms with Crippen LogP contribution in [0.3, 0.4) is 0 Å². The normalized spacial score (nSPS) is 17.9. The molecule has 0 amide bonds. The third-order valence-corrected chi connectivity index (χ3v) is 3.60. The first-order valence-corrected chi connectivity index (χ1v) is 7.63. The summed E-state index contributed by atoms with van der Waals surface area (Å²) in [5, 5.41) is 0. The molecule has 100 valence electrons. The fourth-order valence-corrected chi connectivity index (χ4v) is 2.89. The fraction of sp³-hybridized carbons (Fsp3) is 0.600. The van der Waals surface area contributed by atoms with Crippen molar-refractivity contribution in [3.05, 3.63) is 12.4 Å². The third kappa shape index (κ3) is 3.54. The Kier molecular flexibility index (Phi) is 3.67. The predicted octanol–water partition coefficient (Wildman–Crippen LogP) is -0.423. The molecule has 0 bridgehead atoms. The minimum Gasteiger partial charge on any atom is -0.382 e. The van der Waals surface area contributed by atoms with E-state index in [1.54, 1.807) is 6.20 Å². The van der Waals surface area contributed by atoms with Crippen LogP contribution in [0.15, 0.2) is 12.4 Å². The van der Waals surface area contributed by atoms with Crippen LogP contribution >= 0.6 is 0 Å². The molecule has 1 fully saturated rings. The third-order valence-electron chi connectivity index (χ3n) is 2.84. The Morgan fingerprint density at radius 3 is 2.61 bits per heavy atom. The van der Waals surface area contributed by atoms with Crippen molar-refractivity contribution in [1.29, 1.82) is 0 Å². The average molecular weight is 271 g/mol. The zero-order valence-electron chi connectivity index (χ0n) is 10.2. The van der Waals surface area contributed by atoms with Crippen molar-refractivity contribution in [1.82, 2.24) is 14.7 Å². The molecule has 7 nitrogen and oxygen atoms in total. The fourth-order valence-electron chi connectivity index (χ4n) is 2.05. The molecule has 1 aromatic heterocycles. The number of hydrogen-bond donors (Lipinski definition) is 2. The second-order valence-electron chi connectivity index (χ2n) is 4.45. The van der Waals surface area contributed by atoms with Gasteiger partial charge in [-0.2, -0.15) is 0 Å². The van der Waals surface area contributed by atoms with Gasteiger partial charge in [0.05, 0.1) is 18.6 Å². The lowest BCUT2D eigenvalue weighted by atomic mass is 10.1. The quantitative estimate of drug-likeness (QED) is 0.774. The molecule has 0 unspecified atom stereocenters. The lowest BCUT2D eigenvalue weighted by molar-refractivity contribution is 0.460. The first-order valence-electron chi connectivity index (χ1n) is 5.74. The van der Waals surface area contributed by atoms with Crippen molar-refractivity contribution in [3.63, 3.8) is 0 Å². The Morgan fingerprint density at radius 1 is 1.39 bits per heavy atom. The van der Waals surface area contributed by atoms with Crippen LogP contribution < -0.4 is 15.4 Å². The number of sulfonamides is 1. The van der Waals surface area contributed by atoms with Crippen LogP contribution in [0.5, 0.6) is 0 Å². The summed E-state index contributed by atoms with van der Waals surface area (Å²) in [5.74, 6) is 1.14. The summed E-state index contributed by atoms with van der Waals surface area (Å²) < 4.78 is 24.9. The number of nitrogens with zero attached hydrogens (tertiary/aromatic N) is 3. The molecule has 3 N–H and O–H groups in total. The average Bonchev–Trinajstić information content (AvgIpc) is 2.28. The number of piperidine rings is 1. The van der Waals surface area contributed by atoms with Gasteiger partial charge in [-0.3, -0.25) is 4.98 Å². The molecular weight excluding hydrogens is 254 g/mol. The van der Waals surface area contributed by atoms with Crippen molar-refractivity contribution in [2.24, 2.45) is 0 Å². The Morgan fingerprint density at radius 2 is 2.06 bits per heavy atom. The SMILES string of the molecule is CS(=O)(=O)NC1CCN(c2cncc(N)n2)CC1. The van der Waals surface area contributed by atoms with Gasteiger partial charge in [-0.25, -0.2) is 18.1 Å². The van der Waals surface area contributed by atoms with E-state index in [1.165, 1.54) is 12.5 Å². The molecule has 8 heteroatoms. The zero-order valence-corrected chi connectivity index (χ0v) is 11.0. The number of anilines is 2. The van der Waals surface area contributed by atoms with Crippen molar-refractivity contribution < 1.29 is 8.42 Å². The maximum Gasteiger partial charge on any atom is 0.208 e. The number of nitrogens with two attached hydrogens (primary N) is 1. The number of hydrogen-bond acceptors (Lipinski definition) is 6. The second-order valence-corrected chi connectivity index (χ2v) is 6.23. The van der Waals surface area contributed by atoms with Gasteiger partial charge in [-0.05, 0) is 12.8 Å². The molecular formula is C10H17N5O2S. The summed E-state index contributed by atoms with van der Waals surface area (Å²) in [5.41, 5.74) is 5.58. The predicted molar refractivity (Wildman–Crippen MR) is 69.7 cm³/mol. The monoisotopic (exact) mass is 271 g/mol. The Labute approximate surface area is 106 Å². The van der Waals surface area contributed by atoms with Crippen molar-refractivity contribution >= 4 is 21.7 Å². The van der Waals surface area contributed by atoms with E-state index in [2.05, 4.69) is 19.6 Å². The molecule has 1 aliphatic heterocycles. The van der Waals surface area contributed by atoms with Crippen LogP contribution in [0.4, 0.5) is 11.6 Å². The molecule has 0 aromatic carbocycles. The molecule has 1 aromatic rings. The van der Waals surface area contributed by atoms with Crippen LogP contribution in [0, 0.1) is 0 Å². The molecule has 0 saturated carbocycles. The van der Waals surface area contributed by atoms with Crippen molar-refractivity contribution in [3.8, 4) is 0 Å². The molecule has 0 atom stereocenters. The minimum atomic E-state index is -3.13. The van der Waals surface area contributed by atoms with Crippen LogP contribution in [0.1, 0.15) is 12.8 Å². The van der Waals surface area contributed by atoms with Crippen LogP contribution in [0.2, 0.25) is 0 Å². The van der Waals surface area contributed by atoms with Gasteiger partial charge in [0.1, 0.15) is 11.6 Å². The Hall–Kier alpha value is -1.41. The standard InChI is InChI=1S/C10H17N5O2S/c1-18(16,17)14-8-2-4-15(5-3-8)10-7-12-6-9(11)13-10/h6-8,14H,2-5H2,1H3,(H2,11,13). The van der Waals surface area contributed by atoms with E-state index in [0.29, 0.717) is 5.82 Å². The Bertz CT molecular complexity index is 511. The summed E-state index contributed by atoms with van der Waals surface area (Å²) in [6.45, 7) is 1.48. The van der Waals surface area contributed by atoms with Gasteiger partial charge in [0.15, 0.2) is 0 Å². The van der Waals surface area contributed by atoms with Gasteiger partial charge in [0.2, 0.25) is 10.0 Å². The number of rotatable bonds is 3. The lowest BCUT2D eigenvalue weighted by Gasteiger charge is -2.32. The van der Waals surface area contributed by atoms with Crippen LogP contribution in [-0.4, -0.2) is 43.8 Å². The molecule has 2 heterocycles. The smallest absolute Gasteiger partial charge is 0.208 e. The van der Waals surface area contributed by atoms with Crippen LogP contribution in [0.25, 0.3) is 0 Å². The molecule has 0 spiro atoms. The highest BCUT2D eigenvalue weighted by Crippen LogP contribution is 2.18. The molecule has 1 saturated heterocycles. The topological polar surface area (TPSA) is 101 Å². The van der Waals surface area contributed by atoms with Gasteiger partial charge < -0.3 is 10.6 Å². The summed E-state index contributed by atoms with van der Waals surface area (Å²) in [6.07, 6.45) is 5.86. The van der Waals surface area contributed by atoms with Crippen molar-refractivity contribution in [2.45, 2.75) is 18.9 Å². The highest BCUT2D eigenvalue weighted by molar-refractivity contribution is 7.88. The van der Waals surface area contributed by atoms with E-state index in [0.717, 1.165) is 31.7 Å².